The first-order valence-electron chi connectivity index (χ1n) is 9.09. The Morgan fingerprint density at radius 3 is 2.96 bits per heavy atom. The molecule has 6 nitrogen and oxygen atoms in total. The first-order chi connectivity index (χ1) is 12.2. The third-order valence-corrected chi connectivity index (χ3v) is 5.30. The summed E-state index contributed by atoms with van der Waals surface area (Å²) in [6.07, 6.45) is 3.93. The molecule has 2 heterocycles. The van der Waals surface area contributed by atoms with E-state index < -0.39 is 0 Å². The highest BCUT2D eigenvalue weighted by molar-refractivity contribution is 5.68. The van der Waals surface area contributed by atoms with Gasteiger partial charge in [0.25, 0.3) is 5.89 Å². The summed E-state index contributed by atoms with van der Waals surface area (Å²) in [5, 5.41) is 7.70. The number of hydrogen-bond acceptors (Lipinski definition) is 6. The third-order valence-electron chi connectivity index (χ3n) is 5.30. The number of benzene rings is 1. The van der Waals surface area contributed by atoms with E-state index >= 15 is 0 Å². The molecule has 2 aromatic rings. The second-order valence-electron chi connectivity index (χ2n) is 7.28. The summed E-state index contributed by atoms with van der Waals surface area (Å²) in [5.74, 6) is 1.12. The van der Waals surface area contributed by atoms with Crippen molar-refractivity contribution in [2.75, 3.05) is 19.0 Å². The Balaban J connectivity index is 1.51. The third kappa shape index (κ3) is 3.41. The average molecular weight is 342 g/mol. The van der Waals surface area contributed by atoms with Gasteiger partial charge in [-0.3, -0.25) is 4.90 Å². The fraction of sp³-hybridized carbons (Fsp3) is 0.579. The van der Waals surface area contributed by atoms with Gasteiger partial charge in [-0.25, -0.2) is 0 Å². The smallest absolute Gasteiger partial charge is 0.258 e. The summed E-state index contributed by atoms with van der Waals surface area (Å²) >= 11 is 0. The molecule has 1 saturated carbocycles. The lowest BCUT2D eigenvalue weighted by molar-refractivity contribution is 0.174. The van der Waals surface area contributed by atoms with Gasteiger partial charge in [-0.15, -0.1) is 0 Å². The Kier molecular flexibility index (Phi) is 4.48. The Hall–Kier alpha value is -1.92. The van der Waals surface area contributed by atoms with Crippen LogP contribution in [0.2, 0.25) is 0 Å². The molecule has 1 saturated heterocycles. The molecule has 4 rings (SSSR count). The molecule has 1 aliphatic heterocycles. The zero-order chi connectivity index (χ0) is 17.4. The van der Waals surface area contributed by atoms with Gasteiger partial charge in [0, 0.05) is 43.0 Å². The number of rotatable bonds is 6. The van der Waals surface area contributed by atoms with Gasteiger partial charge in [0.05, 0.1) is 0 Å². The number of likely N-dealkylation sites (tertiary alicyclic amines) is 1. The lowest BCUT2D eigenvalue weighted by Gasteiger charge is -2.20. The van der Waals surface area contributed by atoms with Crippen LogP contribution in [0.4, 0.5) is 5.69 Å². The van der Waals surface area contributed by atoms with E-state index in [4.69, 9.17) is 9.26 Å². The predicted octanol–water partition coefficient (Wildman–Crippen LogP) is 3.23. The zero-order valence-electron chi connectivity index (χ0n) is 15.2. The van der Waals surface area contributed by atoms with Gasteiger partial charge >= 0.3 is 0 Å². The van der Waals surface area contributed by atoms with E-state index in [1.165, 1.54) is 19.3 Å². The lowest BCUT2D eigenvalue weighted by Crippen LogP contribution is -2.31. The minimum atomic E-state index is 0.359. The molecule has 2 fully saturated rings. The van der Waals surface area contributed by atoms with Crippen LogP contribution in [-0.4, -0.2) is 46.8 Å². The Morgan fingerprint density at radius 1 is 1.36 bits per heavy atom. The van der Waals surface area contributed by atoms with Crippen molar-refractivity contribution < 1.29 is 9.26 Å². The molecule has 1 aromatic carbocycles. The maximum Gasteiger partial charge on any atom is 0.258 e. The van der Waals surface area contributed by atoms with E-state index in [0.717, 1.165) is 29.4 Å². The van der Waals surface area contributed by atoms with E-state index in [-0.39, 0.29) is 0 Å². The lowest BCUT2D eigenvalue weighted by atomic mass is 10.1. The highest BCUT2D eigenvalue weighted by Crippen LogP contribution is 2.35. The topological polar surface area (TPSA) is 63.4 Å². The van der Waals surface area contributed by atoms with E-state index in [9.17, 15) is 0 Å². The van der Waals surface area contributed by atoms with Gasteiger partial charge in [-0.05, 0) is 50.8 Å². The van der Waals surface area contributed by atoms with Crippen LogP contribution in [0, 0.1) is 6.92 Å². The van der Waals surface area contributed by atoms with Gasteiger partial charge in [0.15, 0.2) is 5.82 Å². The Labute approximate surface area is 148 Å². The fourth-order valence-corrected chi connectivity index (χ4v) is 3.87. The Morgan fingerprint density at radius 2 is 2.20 bits per heavy atom. The number of nitrogens with one attached hydrogen (secondary N) is 1. The highest BCUT2D eigenvalue weighted by Gasteiger charge is 2.38. The second-order valence-corrected chi connectivity index (χ2v) is 7.28. The SMILES string of the molecule is COCc1noc(-c2cccc(N[C@@H]3C[C@H](C)N(C4CC4)C3)c2C)n1. The first kappa shape index (κ1) is 16.5. The minimum absolute atomic E-state index is 0.359. The molecule has 25 heavy (non-hydrogen) atoms. The summed E-state index contributed by atoms with van der Waals surface area (Å²) < 4.78 is 10.5. The molecule has 0 bridgehead atoms. The molecule has 0 unspecified atom stereocenters. The molecule has 2 aliphatic rings. The van der Waals surface area contributed by atoms with Crippen molar-refractivity contribution in [3.05, 3.63) is 29.6 Å². The van der Waals surface area contributed by atoms with Crippen LogP contribution in [0.1, 0.15) is 37.6 Å². The normalized spacial score (nSPS) is 24.0. The molecule has 0 radical (unpaired) electrons. The second kappa shape index (κ2) is 6.77. The van der Waals surface area contributed by atoms with Crippen molar-refractivity contribution in [1.82, 2.24) is 15.0 Å². The molecular formula is C19H26N4O2. The van der Waals surface area contributed by atoms with Crippen molar-refractivity contribution in [2.24, 2.45) is 0 Å². The van der Waals surface area contributed by atoms with Gasteiger partial charge in [0.1, 0.15) is 6.61 Å². The molecule has 1 aromatic heterocycles. The maximum absolute atomic E-state index is 5.41. The monoisotopic (exact) mass is 342 g/mol. The van der Waals surface area contributed by atoms with Crippen LogP contribution in [0.25, 0.3) is 11.5 Å². The Bertz CT molecular complexity index is 741. The summed E-state index contributed by atoms with van der Waals surface area (Å²) in [4.78, 5) is 7.08. The van der Waals surface area contributed by atoms with Gasteiger partial charge in [0.2, 0.25) is 0 Å². The molecule has 1 aliphatic carbocycles. The van der Waals surface area contributed by atoms with Crippen LogP contribution in [0.3, 0.4) is 0 Å². The molecule has 0 amide bonds. The van der Waals surface area contributed by atoms with Crippen molar-refractivity contribution in [1.29, 1.82) is 0 Å². The van der Waals surface area contributed by atoms with Crippen molar-refractivity contribution in [3.8, 4) is 11.5 Å². The van der Waals surface area contributed by atoms with E-state index in [1.807, 2.05) is 12.1 Å². The highest BCUT2D eigenvalue weighted by atomic mass is 16.5. The van der Waals surface area contributed by atoms with Gasteiger partial charge in [-0.2, -0.15) is 4.98 Å². The molecule has 134 valence electrons. The molecule has 1 N–H and O–H groups in total. The van der Waals surface area contributed by atoms with Crippen molar-refractivity contribution in [3.63, 3.8) is 0 Å². The van der Waals surface area contributed by atoms with E-state index in [0.29, 0.717) is 30.4 Å². The number of methoxy groups -OCH3 is 1. The number of aromatic nitrogens is 2. The summed E-state index contributed by atoms with van der Waals surface area (Å²) in [5.41, 5.74) is 3.27. The van der Waals surface area contributed by atoms with E-state index in [1.54, 1.807) is 7.11 Å². The fourth-order valence-electron chi connectivity index (χ4n) is 3.87. The molecular weight excluding hydrogens is 316 g/mol. The summed E-state index contributed by atoms with van der Waals surface area (Å²) in [6, 6.07) is 8.19. The van der Waals surface area contributed by atoms with Gasteiger partial charge < -0.3 is 14.6 Å². The standard InChI is InChI=1S/C19H26N4O2/c1-12-9-14(10-23(12)15-7-8-15)20-17-6-4-5-16(13(17)2)19-21-18(11-24-3)22-25-19/h4-6,12,14-15,20H,7-11H2,1-3H3/t12-,14+/m0/s1. The number of anilines is 1. The van der Waals surface area contributed by atoms with Crippen LogP contribution in [0.15, 0.2) is 22.7 Å². The number of hydrogen-bond donors (Lipinski definition) is 1. The van der Waals surface area contributed by atoms with Crippen LogP contribution in [0.5, 0.6) is 0 Å². The van der Waals surface area contributed by atoms with Crippen molar-refractivity contribution >= 4 is 5.69 Å². The first-order valence-corrected chi connectivity index (χ1v) is 9.09. The minimum Gasteiger partial charge on any atom is -0.381 e. The average Bonchev–Trinajstić information content (AvgIpc) is 3.22. The maximum atomic E-state index is 5.41. The molecule has 0 spiro atoms. The number of nitrogens with zero attached hydrogens (tertiary/aromatic N) is 3. The van der Waals surface area contributed by atoms with Crippen LogP contribution >= 0.6 is 0 Å². The predicted molar refractivity (Wildman–Crippen MR) is 96.4 cm³/mol. The number of ether oxygens (including phenoxy) is 1. The van der Waals surface area contributed by atoms with Crippen molar-refractivity contribution in [2.45, 2.75) is 57.8 Å². The van der Waals surface area contributed by atoms with Gasteiger partial charge in [-0.1, -0.05) is 11.2 Å². The van der Waals surface area contributed by atoms with E-state index in [2.05, 4.69) is 40.3 Å². The molecule has 6 heteroatoms. The summed E-state index contributed by atoms with van der Waals surface area (Å²) in [6.45, 7) is 5.94. The quantitative estimate of drug-likeness (QED) is 0.869. The zero-order valence-corrected chi connectivity index (χ0v) is 15.2. The molecule has 2 atom stereocenters. The van der Waals surface area contributed by atoms with Crippen LogP contribution in [-0.2, 0) is 11.3 Å². The van der Waals surface area contributed by atoms with Crippen LogP contribution < -0.4 is 5.32 Å². The summed E-state index contributed by atoms with van der Waals surface area (Å²) in [7, 11) is 1.62. The largest absolute Gasteiger partial charge is 0.381 e.